The molecule has 1 amide bonds. The molecule has 0 radical (unpaired) electrons. The molecule has 0 bridgehead atoms. The van der Waals surface area contributed by atoms with E-state index in [2.05, 4.69) is 36.4 Å². The molecule has 110 valence electrons. The molecule has 2 aromatic rings. The summed E-state index contributed by atoms with van der Waals surface area (Å²) in [7, 11) is 0. The highest BCUT2D eigenvalue weighted by Gasteiger charge is 2.16. The molecule has 0 spiro atoms. The van der Waals surface area contributed by atoms with Gasteiger partial charge in [-0.1, -0.05) is 13.8 Å². The van der Waals surface area contributed by atoms with E-state index in [1.165, 1.54) is 18.2 Å². The predicted molar refractivity (Wildman–Crippen MR) is 79.2 cm³/mol. The third-order valence-corrected chi connectivity index (χ3v) is 3.29. The van der Waals surface area contributed by atoms with Crippen molar-refractivity contribution in [2.24, 2.45) is 0 Å². The fourth-order valence-electron chi connectivity index (χ4n) is 1.55. The standard InChI is InChI=1S/C12H12BrN5O3/c1-6(2)10-15-11(17-16-10)12(19)14-7-3-4-9(18(20)21)8(13)5-7/h3-6H,1-2H3,(H,14,19)(H,15,16,17). The van der Waals surface area contributed by atoms with E-state index in [1.807, 2.05) is 13.8 Å². The summed E-state index contributed by atoms with van der Waals surface area (Å²) in [5.41, 5.74) is 0.335. The van der Waals surface area contributed by atoms with Crippen LogP contribution >= 0.6 is 15.9 Å². The Labute approximate surface area is 128 Å². The maximum absolute atomic E-state index is 12.0. The zero-order valence-corrected chi connectivity index (χ0v) is 12.8. The average Bonchev–Trinajstić information content (AvgIpc) is 2.88. The van der Waals surface area contributed by atoms with Gasteiger partial charge >= 0.3 is 0 Å². The molecule has 21 heavy (non-hydrogen) atoms. The van der Waals surface area contributed by atoms with Crippen molar-refractivity contribution in [1.82, 2.24) is 15.2 Å². The summed E-state index contributed by atoms with van der Waals surface area (Å²) in [6, 6.07) is 4.19. The second kappa shape index (κ2) is 6.00. The lowest BCUT2D eigenvalue weighted by Gasteiger charge is -2.03. The van der Waals surface area contributed by atoms with Crippen molar-refractivity contribution in [3.63, 3.8) is 0 Å². The Balaban J connectivity index is 2.15. The number of aromatic amines is 1. The summed E-state index contributed by atoms with van der Waals surface area (Å²) in [6.07, 6.45) is 0. The first-order valence-corrected chi connectivity index (χ1v) is 6.85. The summed E-state index contributed by atoms with van der Waals surface area (Å²) < 4.78 is 0.281. The molecule has 2 N–H and O–H groups in total. The SMILES string of the molecule is CC(C)c1nc(C(=O)Nc2ccc([N+](=O)[O-])c(Br)c2)n[nH]1. The number of nitrogens with zero attached hydrogens (tertiary/aromatic N) is 3. The Bertz CT molecular complexity index is 698. The Morgan fingerprint density at radius 1 is 1.48 bits per heavy atom. The molecule has 0 saturated heterocycles. The maximum atomic E-state index is 12.0. The Morgan fingerprint density at radius 3 is 2.71 bits per heavy atom. The zero-order valence-electron chi connectivity index (χ0n) is 11.3. The molecule has 0 aliphatic carbocycles. The largest absolute Gasteiger partial charge is 0.319 e. The lowest BCUT2D eigenvalue weighted by molar-refractivity contribution is -0.385. The fraction of sp³-hybridized carbons (Fsp3) is 0.250. The van der Waals surface area contributed by atoms with Crippen molar-refractivity contribution >= 4 is 33.2 Å². The first-order chi connectivity index (χ1) is 9.88. The number of nitro groups is 1. The lowest BCUT2D eigenvalue weighted by Crippen LogP contribution is -2.14. The Morgan fingerprint density at radius 2 is 2.19 bits per heavy atom. The minimum Gasteiger partial charge on any atom is -0.319 e. The topological polar surface area (TPSA) is 114 Å². The van der Waals surface area contributed by atoms with Crippen LogP contribution in [0.4, 0.5) is 11.4 Å². The highest BCUT2D eigenvalue weighted by atomic mass is 79.9. The zero-order chi connectivity index (χ0) is 15.6. The molecule has 0 fully saturated rings. The van der Waals surface area contributed by atoms with Gasteiger partial charge in [0.05, 0.1) is 9.40 Å². The maximum Gasteiger partial charge on any atom is 0.295 e. The van der Waals surface area contributed by atoms with Crippen molar-refractivity contribution in [3.05, 3.63) is 44.4 Å². The van der Waals surface area contributed by atoms with Gasteiger partial charge in [0.15, 0.2) is 0 Å². The van der Waals surface area contributed by atoms with Crippen LogP contribution < -0.4 is 5.32 Å². The van der Waals surface area contributed by atoms with Crippen LogP contribution in [0.2, 0.25) is 0 Å². The van der Waals surface area contributed by atoms with Crippen LogP contribution in [0.5, 0.6) is 0 Å². The first-order valence-electron chi connectivity index (χ1n) is 6.06. The number of carbonyl (C=O) groups is 1. The molecule has 0 aliphatic heterocycles. The van der Waals surface area contributed by atoms with Crippen LogP contribution in [-0.4, -0.2) is 26.0 Å². The van der Waals surface area contributed by atoms with E-state index in [9.17, 15) is 14.9 Å². The number of nitrogens with one attached hydrogen (secondary N) is 2. The molecular formula is C12H12BrN5O3. The number of hydrogen-bond acceptors (Lipinski definition) is 5. The van der Waals surface area contributed by atoms with E-state index in [0.717, 1.165) is 0 Å². The highest BCUT2D eigenvalue weighted by molar-refractivity contribution is 9.10. The summed E-state index contributed by atoms with van der Waals surface area (Å²) in [5, 5.41) is 19.8. The molecule has 1 aromatic heterocycles. The number of benzene rings is 1. The van der Waals surface area contributed by atoms with E-state index in [1.54, 1.807) is 0 Å². The highest BCUT2D eigenvalue weighted by Crippen LogP contribution is 2.27. The minimum atomic E-state index is -0.514. The van der Waals surface area contributed by atoms with Gasteiger partial charge in [-0.2, -0.15) is 0 Å². The third kappa shape index (κ3) is 3.43. The van der Waals surface area contributed by atoms with E-state index in [-0.39, 0.29) is 21.9 Å². The van der Waals surface area contributed by atoms with E-state index in [0.29, 0.717) is 11.5 Å². The van der Waals surface area contributed by atoms with Gasteiger partial charge in [-0.3, -0.25) is 20.0 Å². The number of rotatable bonds is 4. The molecule has 1 aromatic carbocycles. The van der Waals surface area contributed by atoms with Crippen LogP contribution in [0.15, 0.2) is 22.7 Å². The average molecular weight is 354 g/mol. The smallest absolute Gasteiger partial charge is 0.295 e. The quantitative estimate of drug-likeness (QED) is 0.647. The molecule has 2 rings (SSSR count). The van der Waals surface area contributed by atoms with Crippen molar-refractivity contribution in [2.45, 2.75) is 19.8 Å². The summed E-state index contributed by atoms with van der Waals surface area (Å²) in [4.78, 5) is 26.2. The number of anilines is 1. The van der Waals surface area contributed by atoms with E-state index >= 15 is 0 Å². The number of aromatic nitrogens is 3. The van der Waals surface area contributed by atoms with Crippen molar-refractivity contribution in [2.75, 3.05) is 5.32 Å². The monoisotopic (exact) mass is 353 g/mol. The summed E-state index contributed by atoms with van der Waals surface area (Å²) in [5.74, 6) is 0.282. The van der Waals surface area contributed by atoms with Crippen LogP contribution in [0.3, 0.4) is 0 Å². The Hall–Kier alpha value is -2.29. The van der Waals surface area contributed by atoms with Gasteiger partial charge < -0.3 is 5.32 Å². The van der Waals surface area contributed by atoms with Gasteiger partial charge in [0.25, 0.3) is 11.6 Å². The molecule has 9 heteroatoms. The summed E-state index contributed by atoms with van der Waals surface area (Å²) >= 11 is 3.09. The Kier molecular flexibility index (Phi) is 4.32. The minimum absolute atomic E-state index is 0.0215. The molecule has 0 unspecified atom stereocenters. The molecular weight excluding hydrogens is 342 g/mol. The van der Waals surface area contributed by atoms with E-state index in [4.69, 9.17) is 0 Å². The number of carbonyl (C=O) groups excluding carboxylic acids is 1. The lowest BCUT2D eigenvalue weighted by atomic mass is 10.2. The normalized spacial score (nSPS) is 10.7. The second-order valence-electron chi connectivity index (χ2n) is 4.58. The van der Waals surface area contributed by atoms with Crippen molar-refractivity contribution in [3.8, 4) is 0 Å². The van der Waals surface area contributed by atoms with Gasteiger partial charge in [-0.25, -0.2) is 4.98 Å². The van der Waals surface area contributed by atoms with Crippen LogP contribution in [-0.2, 0) is 0 Å². The molecule has 0 atom stereocenters. The van der Waals surface area contributed by atoms with Crippen LogP contribution in [0.1, 0.15) is 36.2 Å². The second-order valence-corrected chi connectivity index (χ2v) is 5.43. The number of halogens is 1. The van der Waals surface area contributed by atoms with Gasteiger partial charge in [-0.15, -0.1) is 5.10 Å². The molecule has 0 aliphatic rings. The number of amides is 1. The summed E-state index contributed by atoms with van der Waals surface area (Å²) in [6.45, 7) is 3.85. The number of hydrogen-bond donors (Lipinski definition) is 2. The first kappa shape index (κ1) is 15.1. The molecule has 8 nitrogen and oxygen atoms in total. The fourth-order valence-corrected chi connectivity index (χ4v) is 2.08. The number of H-pyrrole nitrogens is 1. The van der Waals surface area contributed by atoms with Crippen molar-refractivity contribution in [1.29, 1.82) is 0 Å². The van der Waals surface area contributed by atoms with Crippen LogP contribution in [0.25, 0.3) is 0 Å². The van der Waals surface area contributed by atoms with Gasteiger partial charge in [0.1, 0.15) is 5.82 Å². The predicted octanol–water partition coefficient (Wildman–Crippen LogP) is 2.85. The molecule has 1 heterocycles. The van der Waals surface area contributed by atoms with Gasteiger partial charge in [0.2, 0.25) is 5.82 Å². The molecule has 0 saturated carbocycles. The third-order valence-electron chi connectivity index (χ3n) is 2.65. The van der Waals surface area contributed by atoms with E-state index < -0.39 is 10.8 Å². The van der Waals surface area contributed by atoms with Gasteiger partial charge in [0, 0.05) is 17.7 Å². The van der Waals surface area contributed by atoms with Gasteiger partial charge in [-0.05, 0) is 28.1 Å². The van der Waals surface area contributed by atoms with Crippen molar-refractivity contribution < 1.29 is 9.72 Å². The van der Waals surface area contributed by atoms with Crippen LogP contribution in [0, 0.1) is 10.1 Å². The number of nitro benzene ring substituents is 1.